The van der Waals surface area contributed by atoms with Gasteiger partial charge in [0.25, 0.3) is 0 Å². The van der Waals surface area contributed by atoms with E-state index in [0.717, 1.165) is 0 Å². The molecule has 5 N–H and O–H groups in total. The molecule has 0 heterocycles. The highest BCUT2D eigenvalue weighted by Crippen LogP contribution is 1.73. The number of hydroxylamine groups is 1. The van der Waals surface area contributed by atoms with Crippen LogP contribution in [0.5, 0.6) is 0 Å². The Morgan fingerprint density at radius 1 is 1.33 bits per heavy atom. The number of aliphatic carboxylic acids is 1. The Bertz CT molecular complexity index is 243. The Hall–Kier alpha value is -2.03. The number of urea groups is 1. The van der Waals surface area contributed by atoms with E-state index in [1.165, 1.54) is 0 Å². The van der Waals surface area contributed by atoms with E-state index in [0.29, 0.717) is 0 Å². The normalized spacial score (nSPS) is 9.07. The number of carboxylic acids is 1. The largest absolute Gasteiger partial charge is 0.479 e. The van der Waals surface area contributed by atoms with Crippen LogP contribution in [0.1, 0.15) is 0 Å². The number of carbonyl (C=O) groups is 3. The average molecular weight is 221 g/mol. The van der Waals surface area contributed by atoms with E-state index < -0.39 is 24.7 Å². The molecular formula is C6H11N3O6. The van der Waals surface area contributed by atoms with E-state index in [1.54, 1.807) is 5.48 Å². The Balaban J connectivity index is 3.33. The highest BCUT2D eigenvalue weighted by Gasteiger charge is 2.01. The van der Waals surface area contributed by atoms with Crippen molar-refractivity contribution in [3.63, 3.8) is 0 Å². The Kier molecular flexibility index (Phi) is 6.38. The molecule has 0 saturated heterocycles. The van der Waals surface area contributed by atoms with Gasteiger partial charge in [0.1, 0.15) is 6.61 Å². The van der Waals surface area contributed by atoms with Crippen molar-refractivity contribution in [3.8, 4) is 0 Å². The lowest BCUT2D eigenvalue weighted by Gasteiger charge is -2.06. The number of nitrogens with two attached hydrogens (primary N) is 1. The van der Waals surface area contributed by atoms with Crippen LogP contribution in [0.3, 0.4) is 0 Å². The Labute approximate surface area is 84.5 Å². The smallest absolute Gasteiger partial charge is 0.404 e. The second-order valence-corrected chi connectivity index (χ2v) is 2.21. The lowest BCUT2D eigenvalue weighted by Crippen LogP contribution is -2.38. The second-order valence-electron chi connectivity index (χ2n) is 2.21. The molecule has 0 aliphatic heterocycles. The van der Waals surface area contributed by atoms with Gasteiger partial charge in [-0.15, -0.1) is 0 Å². The zero-order valence-corrected chi connectivity index (χ0v) is 7.69. The van der Waals surface area contributed by atoms with E-state index in [1.807, 2.05) is 0 Å². The van der Waals surface area contributed by atoms with Gasteiger partial charge in [-0.25, -0.2) is 19.9 Å². The molecule has 0 bridgehead atoms. The minimum atomic E-state index is -1.22. The third-order valence-electron chi connectivity index (χ3n) is 0.992. The standard InChI is InChI=1S/C6H11N3O6/c7-5(12)14-2-1-8-6(13)9-15-3-4(10)11/h1-3H2,(H2,7,12)(H,10,11)(H2,8,9,13). The molecule has 0 saturated carbocycles. The zero-order chi connectivity index (χ0) is 11.7. The molecule has 0 unspecified atom stereocenters. The molecule has 0 fully saturated rings. The van der Waals surface area contributed by atoms with Crippen molar-refractivity contribution in [2.75, 3.05) is 19.8 Å². The first-order valence-corrected chi connectivity index (χ1v) is 3.82. The first-order chi connectivity index (χ1) is 7.02. The summed E-state index contributed by atoms with van der Waals surface area (Å²) in [6.45, 7) is -0.696. The predicted molar refractivity (Wildman–Crippen MR) is 45.7 cm³/mol. The summed E-state index contributed by atoms with van der Waals surface area (Å²) in [5.41, 5.74) is 6.44. The summed E-state index contributed by atoms with van der Waals surface area (Å²) in [4.78, 5) is 35.0. The molecule has 9 heteroatoms. The third-order valence-corrected chi connectivity index (χ3v) is 0.992. The molecule has 0 rings (SSSR count). The summed E-state index contributed by atoms with van der Waals surface area (Å²) >= 11 is 0. The number of carbonyl (C=O) groups excluding carboxylic acids is 2. The van der Waals surface area contributed by atoms with Gasteiger partial charge >= 0.3 is 18.1 Å². The summed E-state index contributed by atoms with van der Waals surface area (Å²) in [6, 6.07) is -0.746. The van der Waals surface area contributed by atoms with Crippen LogP contribution < -0.4 is 16.5 Å². The van der Waals surface area contributed by atoms with Gasteiger partial charge in [0.15, 0.2) is 6.61 Å². The van der Waals surface area contributed by atoms with Crippen LogP contribution >= 0.6 is 0 Å². The SMILES string of the molecule is NC(=O)OCCNC(=O)NOCC(=O)O. The maximum atomic E-state index is 10.8. The molecule has 0 aliphatic carbocycles. The summed E-state index contributed by atoms with van der Waals surface area (Å²) in [7, 11) is 0. The molecule has 0 aromatic rings. The third kappa shape index (κ3) is 9.89. The number of amides is 3. The van der Waals surface area contributed by atoms with Crippen LogP contribution in [0.15, 0.2) is 0 Å². The molecule has 0 spiro atoms. The number of hydrogen-bond acceptors (Lipinski definition) is 5. The van der Waals surface area contributed by atoms with Gasteiger partial charge in [0.05, 0.1) is 6.54 Å². The van der Waals surface area contributed by atoms with Gasteiger partial charge in [0, 0.05) is 0 Å². The monoisotopic (exact) mass is 221 g/mol. The van der Waals surface area contributed by atoms with Gasteiger partial charge in [-0.3, -0.25) is 4.84 Å². The zero-order valence-electron chi connectivity index (χ0n) is 7.69. The fourth-order valence-corrected chi connectivity index (χ4v) is 0.516. The molecule has 3 amide bonds. The maximum absolute atomic E-state index is 10.8. The van der Waals surface area contributed by atoms with Crippen molar-refractivity contribution in [2.24, 2.45) is 5.73 Å². The van der Waals surface area contributed by atoms with Crippen molar-refractivity contribution in [1.82, 2.24) is 10.8 Å². The van der Waals surface area contributed by atoms with Crippen molar-refractivity contribution < 1.29 is 29.1 Å². The molecule has 9 nitrogen and oxygen atoms in total. The van der Waals surface area contributed by atoms with Gasteiger partial charge in [-0.05, 0) is 0 Å². The Morgan fingerprint density at radius 3 is 2.53 bits per heavy atom. The quantitative estimate of drug-likeness (QED) is 0.314. The van der Waals surface area contributed by atoms with Crippen molar-refractivity contribution in [1.29, 1.82) is 0 Å². The van der Waals surface area contributed by atoms with Crippen molar-refractivity contribution >= 4 is 18.1 Å². The lowest BCUT2D eigenvalue weighted by atomic mass is 10.7. The highest BCUT2D eigenvalue weighted by molar-refractivity contribution is 5.73. The number of nitrogens with one attached hydrogen (secondary N) is 2. The minimum Gasteiger partial charge on any atom is -0.479 e. The maximum Gasteiger partial charge on any atom is 0.404 e. The topological polar surface area (TPSA) is 140 Å². The van der Waals surface area contributed by atoms with Crippen molar-refractivity contribution in [2.45, 2.75) is 0 Å². The molecule has 0 aromatic carbocycles. The lowest BCUT2D eigenvalue weighted by molar-refractivity contribution is -0.144. The highest BCUT2D eigenvalue weighted by atomic mass is 16.7. The van der Waals surface area contributed by atoms with E-state index in [4.69, 9.17) is 5.11 Å². The van der Waals surface area contributed by atoms with Crippen LogP contribution in [0, 0.1) is 0 Å². The number of ether oxygens (including phenoxy) is 1. The molecule has 0 radical (unpaired) electrons. The molecular weight excluding hydrogens is 210 g/mol. The second kappa shape index (κ2) is 7.38. The van der Waals surface area contributed by atoms with E-state index in [2.05, 4.69) is 20.6 Å². The van der Waals surface area contributed by atoms with Crippen molar-refractivity contribution in [3.05, 3.63) is 0 Å². The summed E-state index contributed by atoms with van der Waals surface area (Å²) in [5, 5.41) is 10.3. The van der Waals surface area contributed by atoms with Gasteiger partial charge in [-0.2, -0.15) is 0 Å². The fraction of sp³-hybridized carbons (Fsp3) is 0.500. The summed E-state index contributed by atoms with van der Waals surface area (Å²) in [5.74, 6) is -1.22. The summed E-state index contributed by atoms with van der Waals surface area (Å²) < 4.78 is 4.30. The number of rotatable bonds is 6. The van der Waals surface area contributed by atoms with E-state index >= 15 is 0 Å². The average Bonchev–Trinajstić information content (AvgIpc) is 2.11. The molecule has 0 aromatic heterocycles. The van der Waals surface area contributed by atoms with Gasteiger partial charge in [-0.1, -0.05) is 0 Å². The van der Waals surface area contributed by atoms with E-state index in [-0.39, 0.29) is 13.2 Å². The fourth-order valence-electron chi connectivity index (χ4n) is 0.516. The van der Waals surface area contributed by atoms with Crippen LogP contribution in [0.4, 0.5) is 9.59 Å². The predicted octanol–water partition coefficient (Wildman–Crippen LogP) is -1.60. The van der Waals surface area contributed by atoms with Gasteiger partial charge < -0.3 is 20.9 Å². The number of primary amides is 1. The Morgan fingerprint density at radius 2 is 2.00 bits per heavy atom. The van der Waals surface area contributed by atoms with Crippen LogP contribution in [0.2, 0.25) is 0 Å². The molecule has 0 aliphatic rings. The van der Waals surface area contributed by atoms with Crippen LogP contribution in [-0.2, 0) is 14.4 Å². The van der Waals surface area contributed by atoms with Gasteiger partial charge in [0.2, 0.25) is 0 Å². The molecule has 86 valence electrons. The molecule has 0 atom stereocenters. The summed E-state index contributed by atoms with van der Waals surface area (Å²) in [6.07, 6.45) is -0.945. The number of hydrogen-bond donors (Lipinski definition) is 4. The number of carboxylic acid groups (broad SMARTS) is 1. The first kappa shape index (κ1) is 13.0. The van der Waals surface area contributed by atoms with E-state index in [9.17, 15) is 14.4 Å². The first-order valence-electron chi connectivity index (χ1n) is 3.82. The minimum absolute atomic E-state index is 0.0329. The molecule has 15 heavy (non-hydrogen) atoms. The van der Waals surface area contributed by atoms with Crippen LogP contribution in [-0.4, -0.2) is 43.0 Å². The van der Waals surface area contributed by atoms with Crippen LogP contribution in [0.25, 0.3) is 0 Å².